The van der Waals surface area contributed by atoms with Gasteiger partial charge in [-0.25, -0.2) is 4.39 Å². The maximum absolute atomic E-state index is 13.5. The quantitative estimate of drug-likeness (QED) is 0.723. The Kier molecular flexibility index (Phi) is 3.08. The predicted molar refractivity (Wildman–Crippen MR) is 51.8 cm³/mol. The molecule has 0 amide bonds. The van der Waals surface area contributed by atoms with Crippen molar-refractivity contribution in [1.29, 1.82) is 5.26 Å². The van der Waals surface area contributed by atoms with E-state index in [0.29, 0.717) is 11.3 Å². The highest BCUT2D eigenvalue weighted by Gasteiger charge is 2.14. The molecule has 0 saturated heterocycles. The van der Waals surface area contributed by atoms with E-state index in [1.807, 2.05) is 19.9 Å². The van der Waals surface area contributed by atoms with Gasteiger partial charge in [0, 0.05) is 5.56 Å². The van der Waals surface area contributed by atoms with Gasteiger partial charge in [-0.3, -0.25) is 0 Å². The highest BCUT2D eigenvalue weighted by atomic mass is 19.1. The standard InChI is InChI=1S/C11H12FNO/c1-7(2)11-9(12)4-8(6-13)5-10(11)14-3/h4-5,7H,1-3H3. The normalized spacial score (nSPS) is 10.0. The van der Waals surface area contributed by atoms with E-state index in [9.17, 15) is 4.39 Å². The van der Waals surface area contributed by atoms with Gasteiger partial charge in [0.2, 0.25) is 0 Å². The van der Waals surface area contributed by atoms with E-state index < -0.39 is 0 Å². The summed E-state index contributed by atoms with van der Waals surface area (Å²) >= 11 is 0. The van der Waals surface area contributed by atoms with Crippen LogP contribution in [0.15, 0.2) is 12.1 Å². The number of halogens is 1. The SMILES string of the molecule is COc1cc(C#N)cc(F)c1C(C)C. The topological polar surface area (TPSA) is 33.0 Å². The van der Waals surface area contributed by atoms with Crippen LogP contribution in [-0.2, 0) is 0 Å². The lowest BCUT2D eigenvalue weighted by Crippen LogP contribution is -1.99. The Morgan fingerprint density at radius 2 is 2.07 bits per heavy atom. The minimum Gasteiger partial charge on any atom is -0.496 e. The highest BCUT2D eigenvalue weighted by molar-refractivity contribution is 5.44. The number of benzene rings is 1. The van der Waals surface area contributed by atoms with Crippen molar-refractivity contribution >= 4 is 0 Å². The number of nitriles is 1. The summed E-state index contributed by atoms with van der Waals surface area (Å²) in [6.45, 7) is 3.76. The minimum absolute atomic E-state index is 0.0395. The van der Waals surface area contributed by atoms with Crippen molar-refractivity contribution in [3.05, 3.63) is 29.1 Å². The van der Waals surface area contributed by atoms with Crippen LogP contribution < -0.4 is 4.74 Å². The lowest BCUT2D eigenvalue weighted by molar-refractivity contribution is 0.401. The van der Waals surface area contributed by atoms with Crippen molar-refractivity contribution in [2.75, 3.05) is 7.11 Å². The fourth-order valence-corrected chi connectivity index (χ4v) is 1.39. The molecule has 0 unspecified atom stereocenters. The Hall–Kier alpha value is -1.56. The Labute approximate surface area is 82.9 Å². The number of ether oxygens (including phenoxy) is 1. The van der Waals surface area contributed by atoms with Gasteiger partial charge in [-0.2, -0.15) is 5.26 Å². The predicted octanol–water partition coefficient (Wildman–Crippen LogP) is 2.83. The Morgan fingerprint density at radius 1 is 1.43 bits per heavy atom. The molecule has 14 heavy (non-hydrogen) atoms. The zero-order chi connectivity index (χ0) is 10.7. The molecular formula is C11H12FNO. The molecular weight excluding hydrogens is 181 g/mol. The van der Waals surface area contributed by atoms with Gasteiger partial charge in [-0.05, 0) is 18.1 Å². The molecule has 3 heteroatoms. The molecule has 0 spiro atoms. The molecule has 1 rings (SSSR count). The summed E-state index contributed by atoms with van der Waals surface area (Å²) in [5.41, 5.74) is 0.801. The van der Waals surface area contributed by atoms with Crippen LogP contribution in [0.1, 0.15) is 30.9 Å². The molecule has 0 saturated carbocycles. The average Bonchev–Trinajstić information content (AvgIpc) is 2.15. The van der Waals surface area contributed by atoms with Crippen LogP contribution in [-0.4, -0.2) is 7.11 Å². The summed E-state index contributed by atoms with van der Waals surface area (Å²) in [6.07, 6.45) is 0. The van der Waals surface area contributed by atoms with Gasteiger partial charge in [0.1, 0.15) is 11.6 Å². The van der Waals surface area contributed by atoms with Gasteiger partial charge in [-0.1, -0.05) is 13.8 Å². The lowest BCUT2D eigenvalue weighted by Gasteiger charge is -2.12. The summed E-state index contributed by atoms with van der Waals surface area (Å²) < 4.78 is 18.5. The molecule has 0 aliphatic heterocycles. The second-order valence-corrected chi connectivity index (χ2v) is 3.34. The van der Waals surface area contributed by atoms with Gasteiger partial charge < -0.3 is 4.74 Å². The first-order valence-corrected chi connectivity index (χ1v) is 4.37. The van der Waals surface area contributed by atoms with Crippen molar-refractivity contribution in [1.82, 2.24) is 0 Å². The van der Waals surface area contributed by atoms with Gasteiger partial charge in [0.25, 0.3) is 0 Å². The smallest absolute Gasteiger partial charge is 0.131 e. The van der Waals surface area contributed by atoms with Crippen LogP contribution in [0.3, 0.4) is 0 Å². The van der Waals surface area contributed by atoms with E-state index in [2.05, 4.69) is 0 Å². The molecule has 0 radical (unpaired) electrons. The third kappa shape index (κ3) is 1.85. The second kappa shape index (κ2) is 4.10. The molecule has 0 bridgehead atoms. The second-order valence-electron chi connectivity index (χ2n) is 3.34. The van der Waals surface area contributed by atoms with Crippen molar-refractivity contribution in [2.45, 2.75) is 19.8 Å². The van der Waals surface area contributed by atoms with Gasteiger partial charge >= 0.3 is 0 Å². The number of hydrogen-bond acceptors (Lipinski definition) is 2. The summed E-state index contributed by atoms with van der Waals surface area (Å²) in [6, 6.07) is 4.68. The van der Waals surface area contributed by atoms with Gasteiger partial charge in [-0.15, -0.1) is 0 Å². The highest BCUT2D eigenvalue weighted by Crippen LogP contribution is 2.30. The maximum Gasteiger partial charge on any atom is 0.131 e. The number of methoxy groups -OCH3 is 1. The number of rotatable bonds is 2. The molecule has 0 N–H and O–H groups in total. The first-order chi connectivity index (χ1) is 6.60. The first-order valence-electron chi connectivity index (χ1n) is 4.37. The van der Waals surface area contributed by atoms with Crippen LogP contribution in [0.25, 0.3) is 0 Å². The van der Waals surface area contributed by atoms with Crippen LogP contribution in [0, 0.1) is 17.1 Å². The first kappa shape index (κ1) is 10.5. The number of nitrogens with zero attached hydrogens (tertiary/aromatic N) is 1. The summed E-state index contributed by atoms with van der Waals surface area (Å²) in [5.74, 6) is 0.102. The zero-order valence-electron chi connectivity index (χ0n) is 8.47. The Balaban J connectivity index is 3.36. The molecule has 0 atom stereocenters. The third-order valence-electron chi connectivity index (χ3n) is 2.02. The fraction of sp³-hybridized carbons (Fsp3) is 0.364. The van der Waals surface area contributed by atoms with Crippen molar-refractivity contribution < 1.29 is 9.13 Å². The molecule has 0 aliphatic rings. The zero-order valence-corrected chi connectivity index (χ0v) is 8.47. The maximum atomic E-state index is 13.5. The molecule has 0 fully saturated rings. The fourth-order valence-electron chi connectivity index (χ4n) is 1.39. The molecule has 0 aromatic heterocycles. The van der Waals surface area contributed by atoms with Crippen LogP contribution in [0.2, 0.25) is 0 Å². The van der Waals surface area contributed by atoms with Crippen molar-refractivity contribution in [2.24, 2.45) is 0 Å². The molecule has 0 heterocycles. The van der Waals surface area contributed by atoms with Gasteiger partial charge in [0.15, 0.2) is 0 Å². The van der Waals surface area contributed by atoms with E-state index in [-0.39, 0.29) is 17.3 Å². The van der Waals surface area contributed by atoms with Crippen molar-refractivity contribution in [3.63, 3.8) is 0 Å². The lowest BCUT2D eigenvalue weighted by atomic mass is 10.00. The third-order valence-corrected chi connectivity index (χ3v) is 2.02. The van der Waals surface area contributed by atoms with E-state index in [1.165, 1.54) is 13.2 Å². The Bertz CT molecular complexity index is 380. The largest absolute Gasteiger partial charge is 0.496 e. The monoisotopic (exact) mass is 193 g/mol. The summed E-state index contributed by atoms with van der Waals surface area (Å²) in [4.78, 5) is 0. The van der Waals surface area contributed by atoms with Crippen LogP contribution in [0.5, 0.6) is 5.75 Å². The molecule has 2 nitrogen and oxygen atoms in total. The molecule has 1 aromatic rings. The van der Waals surface area contributed by atoms with Crippen LogP contribution >= 0.6 is 0 Å². The summed E-state index contributed by atoms with van der Waals surface area (Å²) in [5, 5.41) is 8.64. The van der Waals surface area contributed by atoms with E-state index >= 15 is 0 Å². The minimum atomic E-state index is -0.379. The van der Waals surface area contributed by atoms with E-state index in [1.54, 1.807) is 6.07 Å². The Morgan fingerprint density at radius 3 is 2.50 bits per heavy atom. The van der Waals surface area contributed by atoms with Gasteiger partial charge in [0.05, 0.1) is 18.7 Å². The molecule has 1 aromatic carbocycles. The van der Waals surface area contributed by atoms with Crippen molar-refractivity contribution in [3.8, 4) is 11.8 Å². The van der Waals surface area contributed by atoms with E-state index in [4.69, 9.17) is 10.00 Å². The van der Waals surface area contributed by atoms with Crippen LogP contribution in [0.4, 0.5) is 4.39 Å². The number of hydrogen-bond donors (Lipinski definition) is 0. The van der Waals surface area contributed by atoms with E-state index in [0.717, 1.165) is 0 Å². The summed E-state index contributed by atoms with van der Waals surface area (Å²) in [7, 11) is 1.47. The molecule has 0 aliphatic carbocycles. The molecule has 74 valence electrons. The average molecular weight is 193 g/mol.